The van der Waals surface area contributed by atoms with E-state index in [9.17, 15) is 14.4 Å². The summed E-state index contributed by atoms with van der Waals surface area (Å²) in [5.74, 6) is -0.803. The molecule has 1 atom stereocenters. The molecule has 0 N–H and O–H groups in total. The zero-order valence-corrected chi connectivity index (χ0v) is 15.5. The van der Waals surface area contributed by atoms with Crippen LogP contribution in [0.1, 0.15) is 30.6 Å². The Morgan fingerprint density at radius 3 is 2.74 bits per heavy atom. The Bertz CT molecular complexity index is 647. The number of carbonyl (C=O) groups is 3. The maximum Gasteiger partial charge on any atom is 0.307 e. The molecule has 0 spiro atoms. The summed E-state index contributed by atoms with van der Waals surface area (Å²) in [7, 11) is 1.65. The number of likely N-dealkylation sites (N-methyl/N-ethyl adjacent to an activating group) is 1. The van der Waals surface area contributed by atoms with Gasteiger partial charge in [0.1, 0.15) is 6.54 Å². The molecule has 124 valence electrons. The molecular weight excluding hydrogens is 411 g/mol. The molecular formula is C16H19IN2O4. The second-order valence-electron chi connectivity index (χ2n) is 5.41. The second-order valence-corrected chi connectivity index (χ2v) is 6.65. The first-order chi connectivity index (χ1) is 10.8. The predicted molar refractivity (Wildman–Crippen MR) is 94.3 cm³/mol. The number of esters is 1. The fourth-order valence-corrected chi connectivity index (χ4v) is 3.00. The van der Waals surface area contributed by atoms with Crippen LogP contribution in [-0.2, 0) is 14.3 Å². The maximum atomic E-state index is 12.9. The Labute approximate surface area is 148 Å². The zero-order chi connectivity index (χ0) is 17.1. The van der Waals surface area contributed by atoms with E-state index in [-0.39, 0.29) is 30.7 Å². The van der Waals surface area contributed by atoms with E-state index in [4.69, 9.17) is 4.74 Å². The predicted octanol–water partition coefficient (Wildman–Crippen LogP) is 2.05. The third kappa shape index (κ3) is 3.82. The minimum Gasteiger partial charge on any atom is -0.466 e. The molecule has 2 rings (SSSR count). The Hall–Kier alpha value is -1.64. The lowest BCUT2D eigenvalue weighted by atomic mass is 10.1. The van der Waals surface area contributed by atoms with E-state index >= 15 is 0 Å². The summed E-state index contributed by atoms with van der Waals surface area (Å²) in [6.45, 7) is 3.72. The SMILES string of the molecule is CCOC(=O)C[C@H](C)N1CC(=O)N(C)c2ccc(I)cc2C1=O. The van der Waals surface area contributed by atoms with Crippen molar-refractivity contribution >= 4 is 46.1 Å². The molecule has 1 aromatic rings. The number of benzene rings is 1. The number of anilines is 1. The molecule has 0 unspecified atom stereocenters. The number of hydrogen-bond acceptors (Lipinski definition) is 4. The van der Waals surface area contributed by atoms with Crippen molar-refractivity contribution in [3.05, 3.63) is 27.3 Å². The molecule has 0 bridgehead atoms. The molecule has 0 fully saturated rings. The number of nitrogens with zero attached hydrogens (tertiary/aromatic N) is 2. The second kappa shape index (κ2) is 7.29. The highest BCUT2D eigenvalue weighted by Gasteiger charge is 2.33. The fourth-order valence-electron chi connectivity index (χ4n) is 2.51. The van der Waals surface area contributed by atoms with Gasteiger partial charge in [-0.25, -0.2) is 0 Å². The highest BCUT2D eigenvalue weighted by Crippen LogP contribution is 2.27. The average Bonchev–Trinajstić information content (AvgIpc) is 2.58. The number of ether oxygens (including phenoxy) is 1. The quantitative estimate of drug-likeness (QED) is 0.542. The van der Waals surface area contributed by atoms with E-state index in [1.54, 1.807) is 33.0 Å². The Morgan fingerprint density at radius 2 is 2.09 bits per heavy atom. The van der Waals surface area contributed by atoms with Crippen LogP contribution >= 0.6 is 22.6 Å². The van der Waals surface area contributed by atoms with Gasteiger partial charge in [-0.15, -0.1) is 0 Å². The first-order valence-corrected chi connectivity index (χ1v) is 8.45. The third-order valence-corrected chi connectivity index (χ3v) is 4.46. The molecule has 1 aromatic carbocycles. The van der Waals surface area contributed by atoms with Crippen LogP contribution in [0.5, 0.6) is 0 Å². The van der Waals surface area contributed by atoms with Gasteiger partial charge in [0.15, 0.2) is 0 Å². The lowest BCUT2D eigenvalue weighted by Crippen LogP contribution is -2.44. The van der Waals surface area contributed by atoms with Gasteiger partial charge in [0.25, 0.3) is 5.91 Å². The van der Waals surface area contributed by atoms with Gasteiger partial charge in [0.05, 0.1) is 24.3 Å². The van der Waals surface area contributed by atoms with Crippen LogP contribution < -0.4 is 4.90 Å². The van der Waals surface area contributed by atoms with Gasteiger partial charge in [-0.2, -0.15) is 0 Å². The molecule has 23 heavy (non-hydrogen) atoms. The minimum absolute atomic E-state index is 0.0544. The number of amides is 2. The molecule has 6 nitrogen and oxygen atoms in total. The van der Waals surface area contributed by atoms with Gasteiger partial charge in [-0.05, 0) is 54.6 Å². The van der Waals surface area contributed by atoms with Crippen LogP contribution in [0, 0.1) is 3.57 Å². The van der Waals surface area contributed by atoms with E-state index in [1.807, 2.05) is 6.07 Å². The summed E-state index contributed by atoms with van der Waals surface area (Å²) in [4.78, 5) is 39.8. The average molecular weight is 430 g/mol. The highest BCUT2D eigenvalue weighted by molar-refractivity contribution is 14.1. The molecule has 0 saturated heterocycles. The van der Waals surface area contributed by atoms with Crippen molar-refractivity contribution in [1.82, 2.24) is 4.90 Å². The maximum absolute atomic E-state index is 12.9. The summed E-state index contributed by atoms with van der Waals surface area (Å²) in [6.07, 6.45) is 0.0653. The van der Waals surface area contributed by atoms with Crippen molar-refractivity contribution in [1.29, 1.82) is 0 Å². The zero-order valence-electron chi connectivity index (χ0n) is 13.3. The van der Waals surface area contributed by atoms with Gasteiger partial charge in [-0.3, -0.25) is 14.4 Å². The lowest BCUT2D eigenvalue weighted by Gasteiger charge is -2.26. The van der Waals surface area contributed by atoms with Crippen LogP contribution in [0.2, 0.25) is 0 Å². The van der Waals surface area contributed by atoms with Gasteiger partial charge in [-0.1, -0.05) is 0 Å². The Morgan fingerprint density at radius 1 is 1.39 bits per heavy atom. The number of fused-ring (bicyclic) bond motifs is 1. The van der Waals surface area contributed by atoms with Crippen LogP contribution in [0.15, 0.2) is 18.2 Å². The summed E-state index contributed by atoms with van der Waals surface area (Å²) in [6, 6.07) is 4.97. The summed E-state index contributed by atoms with van der Waals surface area (Å²) >= 11 is 2.13. The topological polar surface area (TPSA) is 66.9 Å². The van der Waals surface area contributed by atoms with E-state index in [2.05, 4.69) is 22.6 Å². The van der Waals surface area contributed by atoms with Crippen molar-refractivity contribution < 1.29 is 19.1 Å². The number of rotatable bonds is 4. The Balaban J connectivity index is 2.34. The molecule has 2 amide bonds. The summed E-state index contributed by atoms with van der Waals surface area (Å²) < 4.78 is 5.85. The largest absolute Gasteiger partial charge is 0.466 e. The third-order valence-electron chi connectivity index (χ3n) is 3.79. The minimum atomic E-state index is -0.414. The fraction of sp³-hybridized carbons (Fsp3) is 0.438. The molecule has 1 heterocycles. The first kappa shape index (κ1) is 17.7. The van der Waals surface area contributed by atoms with Crippen molar-refractivity contribution in [2.45, 2.75) is 26.3 Å². The van der Waals surface area contributed by atoms with Crippen LogP contribution in [0.4, 0.5) is 5.69 Å². The van der Waals surface area contributed by atoms with Gasteiger partial charge < -0.3 is 14.5 Å². The molecule has 0 aromatic heterocycles. The normalized spacial score (nSPS) is 16.0. The summed E-state index contributed by atoms with van der Waals surface area (Å²) in [5, 5.41) is 0. The first-order valence-electron chi connectivity index (χ1n) is 7.37. The van der Waals surface area contributed by atoms with Crippen molar-refractivity contribution in [3.8, 4) is 0 Å². The standard InChI is InChI=1S/C16H19IN2O4/c1-4-23-15(21)7-10(2)19-9-14(20)18(3)13-6-5-11(17)8-12(13)16(19)22/h5-6,8,10H,4,7,9H2,1-3H3/t10-/m0/s1. The monoisotopic (exact) mass is 430 g/mol. The molecule has 0 radical (unpaired) electrons. The summed E-state index contributed by atoms with van der Waals surface area (Å²) in [5.41, 5.74) is 1.06. The molecule has 0 aliphatic carbocycles. The van der Waals surface area contributed by atoms with Gasteiger partial charge in [0, 0.05) is 16.7 Å². The van der Waals surface area contributed by atoms with E-state index in [0.29, 0.717) is 17.9 Å². The molecule has 1 aliphatic heterocycles. The van der Waals surface area contributed by atoms with Crippen molar-refractivity contribution in [3.63, 3.8) is 0 Å². The number of carbonyl (C=O) groups excluding carboxylic acids is 3. The number of hydrogen-bond donors (Lipinski definition) is 0. The lowest BCUT2D eigenvalue weighted by molar-refractivity contribution is -0.144. The van der Waals surface area contributed by atoms with E-state index in [1.165, 1.54) is 9.80 Å². The Kier molecular flexibility index (Phi) is 5.61. The van der Waals surface area contributed by atoms with E-state index in [0.717, 1.165) is 3.57 Å². The van der Waals surface area contributed by atoms with Crippen LogP contribution in [-0.4, -0.2) is 48.9 Å². The molecule has 7 heteroatoms. The van der Waals surface area contributed by atoms with E-state index < -0.39 is 6.04 Å². The van der Waals surface area contributed by atoms with Crippen molar-refractivity contribution in [2.75, 3.05) is 25.1 Å². The van der Waals surface area contributed by atoms with Crippen LogP contribution in [0.3, 0.4) is 0 Å². The molecule has 0 saturated carbocycles. The van der Waals surface area contributed by atoms with Gasteiger partial charge >= 0.3 is 5.97 Å². The molecule has 1 aliphatic rings. The van der Waals surface area contributed by atoms with Gasteiger partial charge in [0.2, 0.25) is 5.91 Å². The smallest absolute Gasteiger partial charge is 0.307 e. The van der Waals surface area contributed by atoms with Crippen molar-refractivity contribution in [2.24, 2.45) is 0 Å². The number of halogens is 1. The highest BCUT2D eigenvalue weighted by atomic mass is 127. The van der Waals surface area contributed by atoms with Crippen LogP contribution in [0.25, 0.3) is 0 Å².